The first-order valence-electron chi connectivity index (χ1n) is 10.2. The molecule has 0 bridgehead atoms. The predicted molar refractivity (Wildman–Crippen MR) is 120 cm³/mol. The first kappa shape index (κ1) is 20.3. The Balaban J connectivity index is 1.55. The molecule has 31 heavy (non-hydrogen) atoms. The first-order chi connectivity index (χ1) is 15.1. The van der Waals surface area contributed by atoms with Gasteiger partial charge < -0.3 is 10.2 Å². The second-order valence-corrected chi connectivity index (χ2v) is 7.35. The summed E-state index contributed by atoms with van der Waals surface area (Å²) in [6.07, 6.45) is 0.497. The van der Waals surface area contributed by atoms with Gasteiger partial charge in [-0.2, -0.15) is 0 Å². The Kier molecular flexibility index (Phi) is 6.08. The second-order valence-electron chi connectivity index (χ2n) is 7.35. The van der Waals surface area contributed by atoms with Crippen molar-refractivity contribution in [1.29, 1.82) is 0 Å². The summed E-state index contributed by atoms with van der Waals surface area (Å²) in [5.74, 6) is -0.690. The molecule has 1 atom stereocenters. The summed E-state index contributed by atoms with van der Waals surface area (Å²) >= 11 is 0. The molecule has 0 aromatic heterocycles. The summed E-state index contributed by atoms with van der Waals surface area (Å²) in [5, 5.41) is 2.81. The number of imide groups is 1. The van der Waals surface area contributed by atoms with E-state index in [1.54, 1.807) is 36.4 Å². The first-order valence-corrected chi connectivity index (χ1v) is 10.2. The summed E-state index contributed by atoms with van der Waals surface area (Å²) in [4.78, 5) is 41.7. The molecule has 0 spiro atoms. The minimum Gasteiger partial charge on any atom is -0.326 e. The maximum Gasteiger partial charge on any atom is 0.332 e. The van der Waals surface area contributed by atoms with E-state index in [0.29, 0.717) is 24.3 Å². The zero-order valence-corrected chi connectivity index (χ0v) is 17.0. The predicted octanol–water partition coefficient (Wildman–Crippen LogP) is 4.10. The van der Waals surface area contributed by atoms with Gasteiger partial charge in [-0.25, -0.2) is 9.69 Å². The minimum atomic E-state index is -0.847. The molecule has 0 saturated carbocycles. The van der Waals surface area contributed by atoms with Crippen LogP contribution in [0.1, 0.15) is 12.0 Å². The van der Waals surface area contributed by atoms with Gasteiger partial charge in [0.1, 0.15) is 6.04 Å². The maximum atomic E-state index is 13.2. The summed E-state index contributed by atoms with van der Waals surface area (Å²) < 4.78 is 0. The third-order valence-electron chi connectivity index (χ3n) is 5.25. The van der Waals surface area contributed by atoms with Crippen molar-refractivity contribution in [2.45, 2.75) is 18.9 Å². The van der Waals surface area contributed by atoms with Crippen LogP contribution in [0.2, 0.25) is 0 Å². The van der Waals surface area contributed by atoms with Gasteiger partial charge in [-0.1, -0.05) is 66.7 Å². The van der Waals surface area contributed by atoms with Crippen LogP contribution in [0.4, 0.5) is 16.2 Å². The highest BCUT2D eigenvalue weighted by molar-refractivity contribution is 6.22. The third kappa shape index (κ3) is 4.64. The summed E-state index contributed by atoms with van der Waals surface area (Å²) in [7, 11) is 0. The minimum absolute atomic E-state index is 0.0996. The number of amides is 4. The van der Waals surface area contributed by atoms with Gasteiger partial charge in [0, 0.05) is 12.2 Å². The molecule has 1 N–H and O–H groups in total. The molecular weight excluding hydrogens is 390 g/mol. The molecule has 4 amide bonds. The van der Waals surface area contributed by atoms with Crippen LogP contribution in [-0.4, -0.2) is 35.3 Å². The van der Waals surface area contributed by atoms with Crippen LogP contribution in [0.15, 0.2) is 91.0 Å². The molecule has 1 heterocycles. The van der Waals surface area contributed by atoms with E-state index in [-0.39, 0.29) is 18.2 Å². The van der Waals surface area contributed by atoms with Gasteiger partial charge in [0.25, 0.3) is 5.91 Å². The summed E-state index contributed by atoms with van der Waals surface area (Å²) in [5.41, 5.74) is 2.22. The van der Waals surface area contributed by atoms with Crippen LogP contribution in [0, 0.1) is 0 Å². The molecule has 1 aliphatic rings. The SMILES string of the molecule is O=C(CC1C(=O)N(c2ccccc2)C(=O)N1CCc1ccccc1)Nc1ccccc1. The van der Waals surface area contributed by atoms with Gasteiger partial charge in [0.2, 0.25) is 5.91 Å². The lowest BCUT2D eigenvalue weighted by Crippen LogP contribution is -2.39. The van der Waals surface area contributed by atoms with E-state index in [1.165, 1.54) is 9.80 Å². The number of carbonyl (C=O) groups is 3. The van der Waals surface area contributed by atoms with Crippen LogP contribution in [-0.2, 0) is 16.0 Å². The quantitative estimate of drug-likeness (QED) is 0.593. The van der Waals surface area contributed by atoms with E-state index in [0.717, 1.165) is 5.56 Å². The van der Waals surface area contributed by atoms with Gasteiger partial charge in [0.15, 0.2) is 0 Å². The Labute approximate surface area is 181 Å². The van der Waals surface area contributed by atoms with Crippen molar-refractivity contribution in [2.24, 2.45) is 0 Å². The third-order valence-corrected chi connectivity index (χ3v) is 5.25. The highest BCUT2D eigenvalue weighted by atomic mass is 16.2. The van der Waals surface area contributed by atoms with Crippen molar-refractivity contribution in [3.05, 3.63) is 96.6 Å². The van der Waals surface area contributed by atoms with E-state index < -0.39 is 12.1 Å². The Morgan fingerprint density at radius 1 is 0.806 bits per heavy atom. The summed E-state index contributed by atoms with van der Waals surface area (Å²) in [6, 6.07) is 26.4. The van der Waals surface area contributed by atoms with E-state index in [2.05, 4.69) is 5.32 Å². The topological polar surface area (TPSA) is 69.7 Å². The van der Waals surface area contributed by atoms with Crippen LogP contribution in [0.3, 0.4) is 0 Å². The summed E-state index contributed by atoms with van der Waals surface area (Å²) in [6.45, 7) is 0.348. The van der Waals surface area contributed by atoms with Gasteiger partial charge in [-0.15, -0.1) is 0 Å². The molecule has 3 aromatic carbocycles. The van der Waals surface area contributed by atoms with Gasteiger partial charge in [-0.3, -0.25) is 9.59 Å². The molecule has 1 unspecified atom stereocenters. The fourth-order valence-electron chi connectivity index (χ4n) is 3.71. The molecule has 0 aliphatic carbocycles. The number of anilines is 2. The number of benzene rings is 3. The Hall–Kier alpha value is -3.93. The zero-order valence-electron chi connectivity index (χ0n) is 17.0. The Bertz CT molecular complexity index is 1060. The molecular formula is C25H23N3O3. The van der Waals surface area contributed by atoms with E-state index in [4.69, 9.17) is 0 Å². The number of para-hydroxylation sites is 2. The van der Waals surface area contributed by atoms with Crippen molar-refractivity contribution in [3.8, 4) is 0 Å². The zero-order chi connectivity index (χ0) is 21.6. The van der Waals surface area contributed by atoms with Crippen molar-refractivity contribution < 1.29 is 14.4 Å². The monoisotopic (exact) mass is 413 g/mol. The van der Waals surface area contributed by atoms with Crippen molar-refractivity contribution in [3.63, 3.8) is 0 Å². The number of nitrogens with zero attached hydrogens (tertiary/aromatic N) is 2. The van der Waals surface area contributed by atoms with Crippen LogP contribution in [0.25, 0.3) is 0 Å². The van der Waals surface area contributed by atoms with E-state index in [9.17, 15) is 14.4 Å². The average Bonchev–Trinajstić information content (AvgIpc) is 3.03. The van der Waals surface area contributed by atoms with E-state index >= 15 is 0 Å². The average molecular weight is 413 g/mol. The molecule has 0 radical (unpaired) electrons. The Morgan fingerprint density at radius 2 is 1.39 bits per heavy atom. The normalized spacial score (nSPS) is 15.9. The number of urea groups is 1. The highest BCUT2D eigenvalue weighted by Crippen LogP contribution is 2.27. The largest absolute Gasteiger partial charge is 0.332 e. The van der Waals surface area contributed by atoms with Gasteiger partial charge >= 0.3 is 6.03 Å². The van der Waals surface area contributed by atoms with Crippen molar-refractivity contribution in [1.82, 2.24) is 4.90 Å². The number of hydrogen-bond acceptors (Lipinski definition) is 3. The standard InChI is InChI=1S/C25H23N3O3/c29-23(26-20-12-6-2-7-13-20)18-22-24(30)28(21-14-8-3-9-15-21)25(31)27(22)17-16-19-10-4-1-5-11-19/h1-15,22H,16-18H2,(H,26,29). The maximum absolute atomic E-state index is 13.2. The van der Waals surface area contributed by atoms with Crippen molar-refractivity contribution in [2.75, 3.05) is 16.8 Å². The Morgan fingerprint density at radius 3 is 2.03 bits per heavy atom. The molecule has 1 saturated heterocycles. The lowest BCUT2D eigenvalue weighted by molar-refractivity contribution is -0.124. The fraction of sp³-hybridized carbons (Fsp3) is 0.160. The highest BCUT2D eigenvalue weighted by Gasteiger charge is 2.46. The van der Waals surface area contributed by atoms with Gasteiger partial charge in [-0.05, 0) is 36.2 Å². The number of nitrogens with one attached hydrogen (secondary N) is 1. The smallest absolute Gasteiger partial charge is 0.326 e. The van der Waals surface area contributed by atoms with Crippen LogP contribution < -0.4 is 10.2 Å². The number of hydrogen-bond donors (Lipinski definition) is 1. The van der Waals surface area contributed by atoms with Gasteiger partial charge in [0.05, 0.1) is 12.1 Å². The molecule has 6 heteroatoms. The number of rotatable bonds is 7. The van der Waals surface area contributed by atoms with Crippen molar-refractivity contribution >= 4 is 29.2 Å². The molecule has 1 fully saturated rings. The molecule has 4 rings (SSSR count). The lowest BCUT2D eigenvalue weighted by atomic mass is 10.1. The fourth-order valence-corrected chi connectivity index (χ4v) is 3.71. The van der Waals surface area contributed by atoms with Crippen LogP contribution in [0.5, 0.6) is 0 Å². The molecule has 156 valence electrons. The molecule has 1 aliphatic heterocycles. The molecule has 6 nitrogen and oxygen atoms in total. The lowest BCUT2D eigenvalue weighted by Gasteiger charge is -2.21. The van der Waals surface area contributed by atoms with E-state index in [1.807, 2.05) is 54.6 Å². The second kappa shape index (κ2) is 9.26. The number of carbonyl (C=O) groups excluding carboxylic acids is 3. The van der Waals surface area contributed by atoms with Crippen LogP contribution >= 0.6 is 0 Å². The molecule has 3 aromatic rings.